The SMILES string of the molecule is Cc1cccc(C)c1NC(=O)CCCO. The van der Waals surface area contributed by atoms with Gasteiger partial charge in [-0.05, 0) is 31.4 Å². The molecule has 0 aliphatic carbocycles. The summed E-state index contributed by atoms with van der Waals surface area (Å²) in [6.45, 7) is 3.99. The predicted molar refractivity (Wildman–Crippen MR) is 60.9 cm³/mol. The third kappa shape index (κ3) is 3.36. The number of aliphatic hydroxyl groups excluding tert-OH is 1. The minimum atomic E-state index is -0.0403. The van der Waals surface area contributed by atoms with Crippen LogP contribution < -0.4 is 5.32 Å². The summed E-state index contributed by atoms with van der Waals surface area (Å²) in [5.41, 5.74) is 3.01. The highest BCUT2D eigenvalue weighted by Crippen LogP contribution is 2.19. The van der Waals surface area contributed by atoms with E-state index in [0.29, 0.717) is 12.8 Å². The van der Waals surface area contributed by atoms with Gasteiger partial charge in [0.05, 0.1) is 0 Å². The van der Waals surface area contributed by atoms with Crippen LogP contribution in [-0.2, 0) is 4.79 Å². The fourth-order valence-corrected chi connectivity index (χ4v) is 1.45. The van der Waals surface area contributed by atoms with Gasteiger partial charge in [-0.3, -0.25) is 4.79 Å². The van der Waals surface area contributed by atoms with Crippen LogP contribution in [0.15, 0.2) is 18.2 Å². The average molecular weight is 207 g/mol. The molecule has 0 spiro atoms. The van der Waals surface area contributed by atoms with E-state index in [0.717, 1.165) is 16.8 Å². The molecule has 0 bridgehead atoms. The molecule has 82 valence electrons. The van der Waals surface area contributed by atoms with E-state index >= 15 is 0 Å². The molecule has 1 aromatic carbocycles. The van der Waals surface area contributed by atoms with Gasteiger partial charge < -0.3 is 10.4 Å². The Morgan fingerprint density at radius 3 is 2.47 bits per heavy atom. The van der Waals surface area contributed by atoms with Gasteiger partial charge in [-0.25, -0.2) is 0 Å². The quantitative estimate of drug-likeness (QED) is 0.793. The fraction of sp³-hybridized carbons (Fsp3) is 0.417. The molecule has 3 heteroatoms. The Morgan fingerprint density at radius 2 is 1.93 bits per heavy atom. The van der Waals surface area contributed by atoms with Gasteiger partial charge in [-0.15, -0.1) is 0 Å². The number of hydrogen-bond donors (Lipinski definition) is 2. The monoisotopic (exact) mass is 207 g/mol. The van der Waals surface area contributed by atoms with Crippen molar-refractivity contribution in [1.82, 2.24) is 0 Å². The second-order valence-corrected chi connectivity index (χ2v) is 3.64. The lowest BCUT2D eigenvalue weighted by Gasteiger charge is -2.10. The predicted octanol–water partition coefficient (Wildman–Crippen LogP) is 2.01. The van der Waals surface area contributed by atoms with Gasteiger partial charge in [-0.2, -0.15) is 0 Å². The summed E-state index contributed by atoms with van der Waals surface area (Å²) in [7, 11) is 0. The largest absolute Gasteiger partial charge is 0.396 e. The van der Waals surface area contributed by atoms with E-state index in [4.69, 9.17) is 5.11 Å². The maximum Gasteiger partial charge on any atom is 0.224 e. The summed E-state index contributed by atoms with van der Waals surface area (Å²) in [4.78, 5) is 11.5. The van der Waals surface area contributed by atoms with Crippen molar-refractivity contribution >= 4 is 11.6 Å². The number of benzene rings is 1. The molecule has 1 aromatic rings. The highest BCUT2D eigenvalue weighted by atomic mass is 16.3. The number of hydrogen-bond acceptors (Lipinski definition) is 2. The van der Waals surface area contributed by atoms with Gasteiger partial charge in [0.1, 0.15) is 0 Å². The summed E-state index contributed by atoms with van der Waals surface area (Å²) < 4.78 is 0. The Hall–Kier alpha value is -1.35. The van der Waals surface area contributed by atoms with Crippen LogP contribution in [0, 0.1) is 13.8 Å². The molecule has 1 amide bonds. The maximum absolute atomic E-state index is 11.5. The number of carbonyl (C=O) groups excluding carboxylic acids is 1. The number of anilines is 1. The summed E-state index contributed by atoms with van der Waals surface area (Å²) in [6.07, 6.45) is 0.876. The highest BCUT2D eigenvalue weighted by molar-refractivity contribution is 5.92. The number of para-hydroxylation sites is 1. The number of amides is 1. The Balaban J connectivity index is 2.68. The summed E-state index contributed by atoms with van der Waals surface area (Å²) in [5, 5.41) is 11.5. The Bertz CT molecular complexity index is 327. The van der Waals surface area contributed by atoms with Crippen molar-refractivity contribution in [2.45, 2.75) is 26.7 Å². The molecule has 0 saturated heterocycles. The first kappa shape index (κ1) is 11.7. The zero-order valence-corrected chi connectivity index (χ0v) is 9.21. The van der Waals surface area contributed by atoms with Crippen molar-refractivity contribution < 1.29 is 9.90 Å². The standard InChI is InChI=1S/C12H17NO2/c1-9-5-3-6-10(2)12(9)13-11(15)7-4-8-14/h3,5-6,14H,4,7-8H2,1-2H3,(H,13,15). The number of aryl methyl sites for hydroxylation is 2. The van der Waals surface area contributed by atoms with Gasteiger partial charge in [0.15, 0.2) is 0 Å². The molecule has 0 aliphatic heterocycles. The summed E-state index contributed by atoms with van der Waals surface area (Å²) in [6, 6.07) is 5.90. The van der Waals surface area contributed by atoms with Gasteiger partial charge >= 0.3 is 0 Å². The highest BCUT2D eigenvalue weighted by Gasteiger charge is 2.06. The number of rotatable bonds is 4. The van der Waals surface area contributed by atoms with E-state index < -0.39 is 0 Å². The minimum absolute atomic E-state index is 0.0403. The first-order chi connectivity index (χ1) is 7.15. The molecule has 0 atom stereocenters. The topological polar surface area (TPSA) is 49.3 Å². The molecule has 0 saturated carbocycles. The molecule has 1 rings (SSSR count). The molecule has 0 aromatic heterocycles. The molecule has 3 nitrogen and oxygen atoms in total. The number of carbonyl (C=O) groups is 1. The van der Waals surface area contributed by atoms with Crippen molar-refractivity contribution in [2.75, 3.05) is 11.9 Å². The zero-order valence-electron chi connectivity index (χ0n) is 9.21. The van der Waals surface area contributed by atoms with Crippen molar-refractivity contribution in [2.24, 2.45) is 0 Å². The van der Waals surface area contributed by atoms with Crippen LogP contribution in [0.5, 0.6) is 0 Å². The normalized spacial score (nSPS) is 10.1. The Morgan fingerprint density at radius 1 is 1.33 bits per heavy atom. The van der Waals surface area contributed by atoms with Gasteiger partial charge in [0, 0.05) is 18.7 Å². The third-order valence-corrected chi connectivity index (χ3v) is 2.31. The van der Waals surface area contributed by atoms with Crippen LogP contribution in [-0.4, -0.2) is 17.6 Å². The maximum atomic E-state index is 11.5. The van der Waals surface area contributed by atoms with E-state index in [9.17, 15) is 4.79 Å². The van der Waals surface area contributed by atoms with Crippen molar-refractivity contribution in [3.63, 3.8) is 0 Å². The molecule has 15 heavy (non-hydrogen) atoms. The summed E-state index contributed by atoms with van der Waals surface area (Å²) in [5.74, 6) is -0.0403. The van der Waals surface area contributed by atoms with E-state index in [1.165, 1.54) is 0 Å². The Labute approximate surface area is 90.1 Å². The summed E-state index contributed by atoms with van der Waals surface area (Å²) >= 11 is 0. The molecule has 2 N–H and O–H groups in total. The molecule has 0 radical (unpaired) electrons. The molecule has 0 fully saturated rings. The van der Waals surface area contributed by atoms with Gasteiger partial charge in [-0.1, -0.05) is 18.2 Å². The van der Waals surface area contributed by atoms with Crippen LogP contribution in [0.3, 0.4) is 0 Å². The van der Waals surface area contributed by atoms with Crippen LogP contribution in [0.25, 0.3) is 0 Å². The number of aliphatic hydroxyl groups is 1. The molecule has 0 unspecified atom stereocenters. The third-order valence-electron chi connectivity index (χ3n) is 2.31. The second kappa shape index (κ2) is 5.51. The number of nitrogens with one attached hydrogen (secondary N) is 1. The average Bonchev–Trinajstić information content (AvgIpc) is 2.21. The first-order valence-electron chi connectivity index (χ1n) is 5.12. The second-order valence-electron chi connectivity index (χ2n) is 3.64. The van der Waals surface area contributed by atoms with Crippen LogP contribution in [0.2, 0.25) is 0 Å². The molecular formula is C12H17NO2. The van der Waals surface area contributed by atoms with Crippen molar-refractivity contribution in [1.29, 1.82) is 0 Å². The fourth-order valence-electron chi connectivity index (χ4n) is 1.45. The lowest BCUT2D eigenvalue weighted by molar-refractivity contribution is -0.116. The zero-order chi connectivity index (χ0) is 11.3. The van der Waals surface area contributed by atoms with Crippen LogP contribution in [0.1, 0.15) is 24.0 Å². The van der Waals surface area contributed by atoms with E-state index in [2.05, 4.69) is 5.32 Å². The van der Waals surface area contributed by atoms with E-state index in [1.54, 1.807) is 0 Å². The minimum Gasteiger partial charge on any atom is -0.396 e. The van der Waals surface area contributed by atoms with E-state index in [-0.39, 0.29) is 12.5 Å². The Kier molecular flexibility index (Phi) is 4.31. The van der Waals surface area contributed by atoms with E-state index in [1.807, 2.05) is 32.0 Å². The van der Waals surface area contributed by atoms with Crippen LogP contribution >= 0.6 is 0 Å². The molecular weight excluding hydrogens is 190 g/mol. The van der Waals surface area contributed by atoms with Crippen LogP contribution in [0.4, 0.5) is 5.69 Å². The first-order valence-corrected chi connectivity index (χ1v) is 5.12. The molecule has 0 heterocycles. The van der Waals surface area contributed by atoms with Gasteiger partial charge in [0.25, 0.3) is 0 Å². The lowest BCUT2D eigenvalue weighted by atomic mass is 10.1. The van der Waals surface area contributed by atoms with Crippen molar-refractivity contribution in [3.05, 3.63) is 29.3 Å². The van der Waals surface area contributed by atoms with Crippen molar-refractivity contribution in [3.8, 4) is 0 Å². The lowest BCUT2D eigenvalue weighted by Crippen LogP contribution is -2.13. The molecule has 0 aliphatic rings. The van der Waals surface area contributed by atoms with Gasteiger partial charge in [0.2, 0.25) is 5.91 Å². The smallest absolute Gasteiger partial charge is 0.224 e.